The first-order valence-electron chi connectivity index (χ1n) is 9.65. The van der Waals surface area contributed by atoms with Crippen LogP contribution >= 0.6 is 0 Å². The lowest BCUT2D eigenvalue weighted by atomic mass is 10.0. The van der Waals surface area contributed by atoms with E-state index in [9.17, 15) is 18.4 Å². The first kappa shape index (κ1) is 22.1. The van der Waals surface area contributed by atoms with E-state index >= 15 is 0 Å². The SMILES string of the molecule is COC(=O)CCCC[C@H]1CC[C@@H](c2ccc(F)c(F)c2)N1C(=O)OC(C)(C)C. The molecular weight excluding hydrogens is 368 g/mol. The van der Waals surface area contributed by atoms with Crippen molar-refractivity contribution in [1.82, 2.24) is 4.90 Å². The minimum absolute atomic E-state index is 0.0781. The van der Waals surface area contributed by atoms with Crippen LogP contribution in [0.2, 0.25) is 0 Å². The number of methoxy groups -OCH3 is 1. The van der Waals surface area contributed by atoms with Crippen LogP contribution in [-0.4, -0.2) is 35.7 Å². The number of amides is 1. The number of unbranched alkanes of at least 4 members (excludes halogenated alkanes) is 1. The third-order valence-corrected chi connectivity index (χ3v) is 4.83. The average Bonchev–Trinajstić information content (AvgIpc) is 3.03. The van der Waals surface area contributed by atoms with Gasteiger partial charge in [-0.2, -0.15) is 0 Å². The van der Waals surface area contributed by atoms with Gasteiger partial charge in [0.2, 0.25) is 0 Å². The normalized spacial score (nSPS) is 19.6. The molecule has 1 aromatic carbocycles. The number of halogens is 2. The Kier molecular flexibility index (Phi) is 7.38. The zero-order chi connectivity index (χ0) is 20.9. The molecule has 7 heteroatoms. The van der Waals surface area contributed by atoms with Crippen molar-refractivity contribution >= 4 is 12.1 Å². The quantitative estimate of drug-likeness (QED) is 0.493. The summed E-state index contributed by atoms with van der Waals surface area (Å²) in [5.74, 6) is -2.09. The number of hydrogen-bond acceptors (Lipinski definition) is 4. The summed E-state index contributed by atoms with van der Waals surface area (Å²) in [4.78, 5) is 25.8. The molecule has 0 unspecified atom stereocenters. The van der Waals surface area contributed by atoms with E-state index in [0.29, 0.717) is 31.2 Å². The summed E-state index contributed by atoms with van der Waals surface area (Å²) in [7, 11) is 1.36. The highest BCUT2D eigenvalue weighted by molar-refractivity contribution is 5.70. The highest BCUT2D eigenvalue weighted by Gasteiger charge is 2.39. The van der Waals surface area contributed by atoms with Crippen LogP contribution in [0.3, 0.4) is 0 Å². The summed E-state index contributed by atoms with van der Waals surface area (Å²) in [6, 6.07) is 3.31. The molecule has 2 rings (SSSR count). The van der Waals surface area contributed by atoms with Crippen LogP contribution in [0, 0.1) is 11.6 Å². The summed E-state index contributed by atoms with van der Waals surface area (Å²) in [5, 5.41) is 0. The van der Waals surface area contributed by atoms with Crippen LogP contribution in [-0.2, 0) is 14.3 Å². The zero-order valence-electron chi connectivity index (χ0n) is 17.0. The minimum Gasteiger partial charge on any atom is -0.469 e. The maximum atomic E-state index is 13.7. The summed E-state index contributed by atoms with van der Waals surface area (Å²) in [6.45, 7) is 5.37. The average molecular weight is 397 g/mol. The van der Waals surface area contributed by atoms with Gasteiger partial charge in [-0.1, -0.05) is 12.5 Å². The van der Waals surface area contributed by atoms with E-state index in [-0.39, 0.29) is 18.1 Å². The third kappa shape index (κ3) is 5.91. The van der Waals surface area contributed by atoms with E-state index in [1.165, 1.54) is 13.2 Å². The van der Waals surface area contributed by atoms with Crippen LogP contribution in [0.5, 0.6) is 0 Å². The smallest absolute Gasteiger partial charge is 0.411 e. The van der Waals surface area contributed by atoms with E-state index in [2.05, 4.69) is 4.74 Å². The Morgan fingerprint density at radius 3 is 2.46 bits per heavy atom. The fraction of sp³-hybridized carbons (Fsp3) is 0.619. The maximum absolute atomic E-state index is 13.7. The van der Waals surface area contributed by atoms with Crippen LogP contribution in [0.4, 0.5) is 13.6 Å². The van der Waals surface area contributed by atoms with Crippen LogP contribution < -0.4 is 0 Å². The lowest BCUT2D eigenvalue weighted by Crippen LogP contribution is -2.41. The first-order valence-corrected chi connectivity index (χ1v) is 9.65. The predicted octanol–water partition coefficient (Wildman–Crippen LogP) is 5.14. The maximum Gasteiger partial charge on any atom is 0.411 e. The summed E-state index contributed by atoms with van der Waals surface area (Å²) >= 11 is 0. The van der Waals surface area contributed by atoms with Crippen molar-refractivity contribution in [3.05, 3.63) is 35.4 Å². The van der Waals surface area contributed by atoms with Crippen molar-refractivity contribution in [2.75, 3.05) is 7.11 Å². The standard InChI is InChI=1S/C21H29F2NO4/c1-21(2,3)28-20(26)24-15(7-5-6-8-19(25)27-4)10-12-18(24)14-9-11-16(22)17(23)13-14/h9,11,13,15,18H,5-8,10,12H2,1-4H3/t15-,18-/m0/s1. The lowest BCUT2D eigenvalue weighted by molar-refractivity contribution is -0.140. The summed E-state index contributed by atoms with van der Waals surface area (Å²) in [6.07, 6.45) is 3.38. The van der Waals surface area contributed by atoms with E-state index in [0.717, 1.165) is 25.0 Å². The van der Waals surface area contributed by atoms with E-state index in [1.807, 2.05) is 0 Å². The van der Waals surface area contributed by atoms with Crippen LogP contribution in [0.15, 0.2) is 18.2 Å². The molecule has 1 aromatic rings. The molecule has 28 heavy (non-hydrogen) atoms. The molecule has 0 aliphatic carbocycles. The molecule has 1 aliphatic rings. The number of nitrogens with zero attached hydrogens (tertiary/aromatic N) is 1. The Morgan fingerprint density at radius 2 is 1.86 bits per heavy atom. The van der Waals surface area contributed by atoms with Crippen LogP contribution in [0.1, 0.15) is 70.9 Å². The molecule has 0 N–H and O–H groups in total. The molecule has 1 amide bonds. The third-order valence-electron chi connectivity index (χ3n) is 4.83. The Balaban J connectivity index is 2.14. The molecule has 1 heterocycles. The Morgan fingerprint density at radius 1 is 1.14 bits per heavy atom. The second-order valence-corrected chi connectivity index (χ2v) is 8.13. The molecule has 0 bridgehead atoms. The van der Waals surface area contributed by atoms with Gasteiger partial charge in [0.05, 0.1) is 13.2 Å². The Hall–Kier alpha value is -2.18. The van der Waals surface area contributed by atoms with Crippen molar-refractivity contribution in [3.8, 4) is 0 Å². The van der Waals surface area contributed by atoms with Gasteiger partial charge >= 0.3 is 12.1 Å². The fourth-order valence-electron chi connectivity index (χ4n) is 3.56. The lowest BCUT2D eigenvalue weighted by Gasteiger charge is -2.33. The number of carbonyl (C=O) groups is 2. The number of hydrogen-bond donors (Lipinski definition) is 0. The zero-order valence-corrected chi connectivity index (χ0v) is 17.0. The second kappa shape index (κ2) is 9.34. The number of carbonyl (C=O) groups excluding carboxylic acids is 2. The molecular formula is C21H29F2NO4. The summed E-state index contributed by atoms with van der Waals surface area (Å²) in [5.41, 5.74) is -0.102. The van der Waals surface area contributed by atoms with E-state index < -0.39 is 23.3 Å². The minimum atomic E-state index is -0.928. The molecule has 1 aliphatic heterocycles. The van der Waals surface area contributed by atoms with Gasteiger partial charge < -0.3 is 9.47 Å². The molecule has 0 spiro atoms. The number of likely N-dealkylation sites (tertiary alicyclic amines) is 1. The molecule has 0 aromatic heterocycles. The van der Waals surface area contributed by atoms with Crippen LogP contribution in [0.25, 0.3) is 0 Å². The monoisotopic (exact) mass is 397 g/mol. The van der Waals surface area contributed by atoms with Crippen molar-refractivity contribution in [2.45, 2.75) is 77.0 Å². The van der Waals surface area contributed by atoms with Gasteiger partial charge in [0, 0.05) is 12.5 Å². The molecule has 5 nitrogen and oxygen atoms in total. The highest BCUT2D eigenvalue weighted by Crippen LogP contribution is 2.39. The number of benzene rings is 1. The number of rotatable bonds is 6. The summed E-state index contributed by atoms with van der Waals surface area (Å²) < 4.78 is 37.3. The molecule has 1 saturated heterocycles. The van der Waals surface area contributed by atoms with E-state index in [4.69, 9.17) is 4.74 Å². The fourth-order valence-corrected chi connectivity index (χ4v) is 3.56. The predicted molar refractivity (Wildman–Crippen MR) is 101 cm³/mol. The number of ether oxygens (including phenoxy) is 2. The molecule has 1 fully saturated rings. The van der Waals surface area contributed by atoms with Gasteiger partial charge in [-0.25, -0.2) is 13.6 Å². The molecule has 0 radical (unpaired) electrons. The Bertz CT molecular complexity index is 702. The van der Waals surface area contributed by atoms with Crippen molar-refractivity contribution in [1.29, 1.82) is 0 Å². The van der Waals surface area contributed by atoms with Crippen molar-refractivity contribution in [2.24, 2.45) is 0 Å². The Labute approximate surface area is 165 Å². The van der Waals surface area contributed by atoms with Gasteiger partial charge in [0.15, 0.2) is 11.6 Å². The van der Waals surface area contributed by atoms with Gasteiger partial charge in [0.1, 0.15) is 5.60 Å². The van der Waals surface area contributed by atoms with Crippen molar-refractivity contribution < 1.29 is 27.8 Å². The van der Waals surface area contributed by atoms with Gasteiger partial charge in [-0.15, -0.1) is 0 Å². The highest BCUT2D eigenvalue weighted by atomic mass is 19.2. The molecule has 2 atom stereocenters. The second-order valence-electron chi connectivity index (χ2n) is 8.13. The first-order chi connectivity index (χ1) is 13.1. The van der Waals surface area contributed by atoms with Gasteiger partial charge in [0.25, 0.3) is 0 Å². The largest absolute Gasteiger partial charge is 0.469 e. The van der Waals surface area contributed by atoms with Crippen molar-refractivity contribution in [3.63, 3.8) is 0 Å². The molecule has 0 saturated carbocycles. The van der Waals surface area contributed by atoms with Gasteiger partial charge in [-0.3, -0.25) is 9.69 Å². The number of esters is 1. The van der Waals surface area contributed by atoms with Gasteiger partial charge in [-0.05, 0) is 64.2 Å². The topological polar surface area (TPSA) is 55.8 Å². The van der Waals surface area contributed by atoms with E-state index in [1.54, 1.807) is 25.7 Å². The molecule has 156 valence electrons.